The van der Waals surface area contributed by atoms with Gasteiger partial charge in [0.05, 0.1) is 13.2 Å². The van der Waals surface area contributed by atoms with Crippen LogP contribution in [0.1, 0.15) is 21.2 Å². The van der Waals surface area contributed by atoms with Crippen molar-refractivity contribution in [3.8, 4) is 0 Å². The second kappa shape index (κ2) is 4.33. The SMILES string of the molecule is Cc1nnc2sc(C(=O)N3CCOCC3)c(C)n12. The zero-order chi connectivity index (χ0) is 12.7. The standard InChI is InChI=1S/C11H14N4O2S/c1-7-9(10(16)14-3-5-17-6-4-14)18-11-13-12-8(2)15(7)11/h3-6H2,1-2H3. The number of carbonyl (C=O) groups excluding carboxylic acids is 1. The highest BCUT2D eigenvalue weighted by Crippen LogP contribution is 2.24. The maximum Gasteiger partial charge on any atom is 0.266 e. The van der Waals surface area contributed by atoms with Crippen molar-refractivity contribution in [2.45, 2.75) is 13.8 Å². The van der Waals surface area contributed by atoms with Gasteiger partial charge in [-0.1, -0.05) is 11.3 Å². The summed E-state index contributed by atoms with van der Waals surface area (Å²) in [6.45, 7) is 6.39. The Kier molecular flexibility index (Phi) is 2.79. The van der Waals surface area contributed by atoms with Crippen LogP contribution in [0.25, 0.3) is 4.96 Å². The summed E-state index contributed by atoms with van der Waals surface area (Å²) >= 11 is 1.40. The normalized spacial score (nSPS) is 16.4. The third kappa shape index (κ3) is 1.70. The van der Waals surface area contributed by atoms with E-state index in [0.29, 0.717) is 26.3 Å². The number of aryl methyl sites for hydroxylation is 2. The zero-order valence-electron chi connectivity index (χ0n) is 10.3. The summed E-state index contributed by atoms with van der Waals surface area (Å²) in [6.07, 6.45) is 0. The van der Waals surface area contributed by atoms with Crippen molar-refractivity contribution in [2.75, 3.05) is 26.3 Å². The number of hydrogen-bond acceptors (Lipinski definition) is 5. The van der Waals surface area contributed by atoms with Crippen molar-refractivity contribution in [3.05, 3.63) is 16.4 Å². The van der Waals surface area contributed by atoms with Gasteiger partial charge in [0.1, 0.15) is 10.7 Å². The lowest BCUT2D eigenvalue weighted by Crippen LogP contribution is -2.40. The number of ether oxygens (including phenoxy) is 1. The molecule has 0 unspecified atom stereocenters. The molecule has 96 valence electrons. The minimum Gasteiger partial charge on any atom is -0.378 e. The molecule has 7 heteroatoms. The molecule has 1 fully saturated rings. The maximum atomic E-state index is 12.4. The molecular formula is C11H14N4O2S. The topological polar surface area (TPSA) is 59.7 Å². The Hall–Kier alpha value is -1.47. The van der Waals surface area contributed by atoms with Crippen molar-refractivity contribution in [3.63, 3.8) is 0 Å². The summed E-state index contributed by atoms with van der Waals surface area (Å²) in [5.74, 6) is 0.894. The van der Waals surface area contributed by atoms with Gasteiger partial charge >= 0.3 is 0 Å². The van der Waals surface area contributed by atoms with Crippen molar-refractivity contribution in [2.24, 2.45) is 0 Å². The van der Waals surface area contributed by atoms with E-state index >= 15 is 0 Å². The Morgan fingerprint density at radius 2 is 2.00 bits per heavy atom. The minimum atomic E-state index is 0.0747. The largest absolute Gasteiger partial charge is 0.378 e. The van der Waals surface area contributed by atoms with Crippen molar-refractivity contribution < 1.29 is 9.53 Å². The lowest BCUT2D eigenvalue weighted by atomic mass is 10.3. The average Bonchev–Trinajstić information content (AvgIpc) is 2.92. The first-order valence-corrected chi connectivity index (χ1v) is 6.68. The Morgan fingerprint density at radius 1 is 1.28 bits per heavy atom. The lowest BCUT2D eigenvalue weighted by molar-refractivity contribution is 0.0305. The van der Waals surface area contributed by atoms with Crippen LogP contribution in [0.4, 0.5) is 0 Å². The van der Waals surface area contributed by atoms with Gasteiger partial charge in [0.25, 0.3) is 5.91 Å². The molecule has 18 heavy (non-hydrogen) atoms. The number of morpholine rings is 1. The molecule has 0 N–H and O–H groups in total. The Labute approximate surface area is 108 Å². The van der Waals surface area contributed by atoms with Crippen LogP contribution in [0.15, 0.2) is 0 Å². The Bertz CT molecular complexity index is 597. The van der Waals surface area contributed by atoms with E-state index in [2.05, 4.69) is 10.2 Å². The number of hydrogen-bond donors (Lipinski definition) is 0. The average molecular weight is 266 g/mol. The number of amides is 1. The summed E-state index contributed by atoms with van der Waals surface area (Å²) < 4.78 is 7.19. The van der Waals surface area contributed by atoms with E-state index in [9.17, 15) is 4.79 Å². The molecule has 2 aromatic heterocycles. The molecule has 1 amide bonds. The predicted molar refractivity (Wildman–Crippen MR) is 67.1 cm³/mol. The van der Waals surface area contributed by atoms with Gasteiger partial charge in [-0.25, -0.2) is 0 Å². The van der Waals surface area contributed by atoms with Crippen LogP contribution in [0.3, 0.4) is 0 Å². The summed E-state index contributed by atoms with van der Waals surface area (Å²) in [5.41, 5.74) is 0.925. The van der Waals surface area contributed by atoms with Gasteiger partial charge in [-0.2, -0.15) is 0 Å². The summed E-state index contributed by atoms with van der Waals surface area (Å²) in [5, 5.41) is 8.07. The number of rotatable bonds is 1. The Morgan fingerprint density at radius 3 is 2.67 bits per heavy atom. The van der Waals surface area contributed by atoms with Gasteiger partial charge in [0.2, 0.25) is 4.96 Å². The van der Waals surface area contributed by atoms with Crippen LogP contribution >= 0.6 is 11.3 Å². The highest BCUT2D eigenvalue weighted by atomic mass is 32.1. The van der Waals surface area contributed by atoms with Crippen LogP contribution in [0.5, 0.6) is 0 Å². The molecule has 0 radical (unpaired) electrons. The van der Waals surface area contributed by atoms with Gasteiger partial charge in [0, 0.05) is 18.8 Å². The van der Waals surface area contributed by atoms with Gasteiger partial charge in [-0.15, -0.1) is 10.2 Å². The molecule has 2 aromatic rings. The molecule has 0 spiro atoms. The summed E-state index contributed by atoms with van der Waals surface area (Å²) in [7, 11) is 0. The van der Waals surface area contributed by atoms with E-state index in [4.69, 9.17) is 4.74 Å². The third-order valence-electron chi connectivity index (χ3n) is 3.15. The molecule has 0 bridgehead atoms. The smallest absolute Gasteiger partial charge is 0.266 e. The van der Waals surface area contributed by atoms with Gasteiger partial charge in [0.15, 0.2) is 0 Å². The van der Waals surface area contributed by atoms with E-state index in [1.165, 1.54) is 11.3 Å². The maximum absolute atomic E-state index is 12.4. The first-order chi connectivity index (χ1) is 8.68. The van der Waals surface area contributed by atoms with Crippen LogP contribution in [0.2, 0.25) is 0 Å². The second-order valence-corrected chi connectivity index (χ2v) is 5.26. The van der Waals surface area contributed by atoms with E-state index in [0.717, 1.165) is 21.4 Å². The second-order valence-electron chi connectivity index (χ2n) is 4.29. The fourth-order valence-corrected chi connectivity index (χ4v) is 3.25. The zero-order valence-corrected chi connectivity index (χ0v) is 11.2. The van der Waals surface area contributed by atoms with E-state index in [1.54, 1.807) is 0 Å². The quantitative estimate of drug-likeness (QED) is 0.769. The first kappa shape index (κ1) is 11.6. The number of carbonyl (C=O) groups is 1. The number of nitrogens with zero attached hydrogens (tertiary/aromatic N) is 4. The van der Waals surface area contributed by atoms with Crippen LogP contribution in [0, 0.1) is 13.8 Å². The van der Waals surface area contributed by atoms with Crippen molar-refractivity contribution >= 4 is 22.2 Å². The molecular weight excluding hydrogens is 252 g/mol. The predicted octanol–water partition coefficient (Wildman–Crippen LogP) is 0.880. The third-order valence-corrected chi connectivity index (χ3v) is 4.27. The van der Waals surface area contributed by atoms with Crippen LogP contribution in [-0.4, -0.2) is 51.7 Å². The monoisotopic (exact) mass is 266 g/mol. The van der Waals surface area contributed by atoms with Gasteiger partial charge in [-0.3, -0.25) is 9.20 Å². The minimum absolute atomic E-state index is 0.0747. The van der Waals surface area contributed by atoms with E-state index in [1.807, 2.05) is 23.1 Å². The van der Waals surface area contributed by atoms with E-state index in [-0.39, 0.29) is 5.91 Å². The molecule has 0 saturated carbocycles. The van der Waals surface area contributed by atoms with Gasteiger partial charge in [-0.05, 0) is 13.8 Å². The Balaban J connectivity index is 1.98. The number of fused-ring (bicyclic) bond motifs is 1. The molecule has 0 aliphatic carbocycles. The van der Waals surface area contributed by atoms with Crippen LogP contribution in [-0.2, 0) is 4.74 Å². The molecule has 6 nitrogen and oxygen atoms in total. The van der Waals surface area contributed by atoms with Crippen LogP contribution < -0.4 is 0 Å². The molecule has 0 aromatic carbocycles. The lowest BCUT2D eigenvalue weighted by Gasteiger charge is -2.26. The van der Waals surface area contributed by atoms with E-state index < -0.39 is 0 Å². The van der Waals surface area contributed by atoms with Crippen molar-refractivity contribution in [1.29, 1.82) is 0 Å². The highest BCUT2D eigenvalue weighted by molar-refractivity contribution is 7.19. The molecule has 0 atom stereocenters. The fourth-order valence-electron chi connectivity index (χ4n) is 2.17. The molecule has 3 heterocycles. The molecule has 1 aliphatic heterocycles. The number of thiazole rings is 1. The highest BCUT2D eigenvalue weighted by Gasteiger charge is 2.24. The summed E-state index contributed by atoms with van der Waals surface area (Å²) in [4.78, 5) is 15.8. The fraction of sp³-hybridized carbons (Fsp3) is 0.545. The first-order valence-electron chi connectivity index (χ1n) is 5.86. The molecule has 3 rings (SSSR count). The summed E-state index contributed by atoms with van der Waals surface area (Å²) in [6, 6.07) is 0. The number of aromatic nitrogens is 3. The van der Waals surface area contributed by atoms with Gasteiger partial charge < -0.3 is 9.64 Å². The molecule has 1 aliphatic rings. The molecule has 1 saturated heterocycles. The van der Waals surface area contributed by atoms with Crippen molar-refractivity contribution in [1.82, 2.24) is 19.5 Å².